The van der Waals surface area contributed by atoms with Gasteiger partial charge in [-0.25, -0.2) is 0 Å². The number of hydrogen-bond acceptors (Lipinski definition) is 2. The lowest BCUT2D eigenvalue weighted by Crippen LogP contribution is -2.30. The summed E-state index contributed by atoms with van der Waals surface area (Å²) in [6, 6.07) is 17.1. The van der Waals surface area contributed by atoms with E-state index in [1.807, 2.05) is 66.5 Å². The minimum absolute atomic E-state index is 0.604. The number of carboxylic acid groups (broad SMARTS) is 1. The van der Waals surface area contributed by atoms with Crippen LogP contribution in [0.1, 0.15) is 29.7 Å². The molecule has 3 nitrogen and oxygen atoms in total. The summed E-state index contributed by atoms with van der Waals surface area (Å²) < 4.78 is 0. The zero-order valence-electron chi connectivity index (χ0n) is 12.5. The summed E-state index contributed by atoms with van der Waals surface area (Å²) in [5, 5.41) is 9.56. The van der Waals surface area contributed by atoms with Crippen LogP contribution in [0.15, 0.2) is 54.6 Å². The van der Waals surface area contributed by atoms with Crippen LogP contribution in [0, 0.1) is 0 Å². The Hall–Kier alpha value is -2.13. The minimum Gasteiger partial charge on any atom is -0.480 e. The number of aliphatic carboxylic acids is 1. The second-order valence-corrected chi connectivity index (χ2v) is 5.24. The van der Waals surface area contributed by atoms with E-state index in [9.17, 15) is 9.90 Å². The molecule has 0 fully saturated rings. The van der Waals surface area contributed by atoms with Crippen LogP contribution in [0.5, 0.6) is 0 Å². The van der Waals surface area contributed by atoms with Crippen LogP contribution in [0.2, 0.25) is 0 Å². The van der Waals surface area contributed by atoms with Gasteiger partial charge in [-0.05, 0) is 30.2 Å². The number of nitrogens with zero attached hydrogens (tertiary/aromatic N) is 1. The number of benzene rings is 2. The van der Waals surface area contributed by atoms with Crippen LogP contribution in [0.4, 0.5) is 0 Å². The molecule has 0 amide bonds. The molecule has 1 unspecified atom stereocenters. The Balaban J connectivity index is 2.19. The van der Waals surface area contributed by atoms with Crippen LogP contribution in [0.3, 0.4) is 0 Å². The third-order valence-electron chi connectivity index (χ3n) is 3.65. The molecule has 0 aromatic heterocycles. The van der Waals surface area contributed by atoms with Gasteiger partial charge in [0.1, 0.15) is 6.04 Å². The lowest BCUT2D eigenvalue weighted by Gasteiger charge is -2.25. The van der Waals surface area contributed by atoms with Crippen LogP contribution >= 0.6 is 0 Å². The van der Waals surface area contributed by atoms with Crippen molar-refractivity contribution in [2.24, 2.45) is 0 Å². The topological polar surface area (TPSA) is 40.5 Å². The van der Waals surface area contributed by atoms with Gasteiger partial charge in [0.2, 0.25) is 0 Å². The number of aryl methyl sites for hydroxylation is 1. The third kappa shape index (κ3) is 3.92. The molecule has 1 N–H and O–H groups in total. The Morgan fingerprint density at radius 1 is 1.05 bits per heavy atom. The van der Waals surface area contributed by atoms with Crippen LogP contribution in [0.25, 0.3) is 0 Å². The molecule has 2 aromatic rings. The maximum absolute atomic E-state index is 11.6. The molecule has 110 valence electrons. The van der Waals surface area contributed by atoms with Crippen molar-refractivity contribution in [1.29, 1.82) is 0 Å². The first-order valence-electron chi connectivity index (χ1n) is 7.17. The predicted octanol–water partition coefficient (Wildman–Crippen LogP) is 3.51. The molecular formula is C18H21NO2. The van der Waals surface area contributed by atoms with E-state index in [0.29, 0.717) is 6.54 Å². The summed E-state index contributed by atoms with van der Waals surface area (Å²) in [6.07, 6.45) is 0.956. The molecule has 21 heavy (non-hydrogen) atoms. The predicted molar refractivity (Wildman–Crippen MR) is 84.1 cm³/mol. The number of carboxylic acids is 1. The standard InChI is InChI=1S/C18H21NO2/c1-3-14-9-11-16(12-10-14)17(18(20)21)19(2)13-15-7-5-4-6-8-15/h4-12,17H,3,13H2,1-2H3,(H,20,21). The first kappa shape index (κ1) is 15.3. The van der Waals surface area contributed by atoms with Gasteiger partial charge < -0.3 is 5.11 Å². The molecule has 2 rings (SSSR count). The Morgan fingerprint density at radius 2 is 1.67 bits per heavy atom. The van der Waals surface area contributed by atoms with Crippen molar-refractivity contribution >= 4 is 5.97 Å². The fourth-order valence-corrected chi connectivity index (χ4v) is 2.48. The highest BCUT2D eigenvalue weighted by molar-refractivity contribution is 5.75. The van der Waals surface area contributed by atoms with Crippen molar-refractivity contribution < 1.29 is 9.90 Å². The summed E-state index contributed by atoms with van der Waals surface area (Å²) in [4.78, 5) is 13.5. The number of rotatable bonds is 6. The van der Waals surface area contributed by atoms with Crippen molar-refractivity contribution in [2.45, 2.75) is 25.9 Å². The number of hydrogen-bond donors (Lipinski definition) is 1. The van der Waals surface area contributed by atoms with E-state index >= 15 is 0 Å². The summed E-state index contributed by atoms with van der Waals surface area (Å²) in [5.74, 6) is -0.822. The molecule has 2 aromatic carbocycles. The minimum atomic E-state index is -0.822. The largest absolute Gasteiger partial charge is 0.480 e. The number of carbonyl (C=O) groups is 1. The summed E-state index contributed by atoms with van der Waals surface area (Å²) in [7, 11) is 1.85. The van der Waals surface area contributed by atoms with E-state index in [0.717, 1.165) is 17.5 Å². The van der Waals surface area contributed by atoms with E-state index in [1.54, 1.807) is 0 Å². The second kappa shape index (κ2) is 7.04. The molecule has 1 atom stereocenters. The van der Waals surface area contributed by atoms with Crippen LogP contribution in [-0.2, 0) is 17.8 Å². The fraction of sp³-hybridized carbons (Fsp3) is 0.278. The Bertz CT molecular complexity index is 578. The van der Waals surface area contributed by atoms with Gasteiger partial charge in [-0.15, -0.1) is 0 Å². The summed E-state index contributed by atoms with van der Waals surface area (Å²) >= 11 is 0. The van der Waals surface area contributed by atoms with Gasteiger partial charge in [0, 0.05) is 6.54 Å². The third-order valence-corrected chi connectivity index (χ3v) is 3.65. The van der Waals surface area contributed by atoms with Gasteiger partial charge in [0.25, 0.3) is 0 Å². The van der Waals surface area contributed by atoms with Gasteiger partial charge in [-0.2, -0.15) is 0 Å². The average molecular weight is 283 g/mol. The fourth-order valence-electron chi connectivity index (χ4n) is 2.48. The highest BCUT2D eigenvalue weighted by atomic mass is 16.4. The first-order valence-corrected chi connectivity index (χ1v) is 7.17. The monoisotopic (exact) mass is 283 g/mol. The van der Waals surface area contributed by atoms with Crippen molar-refractivity contribution in [3.8, 4) is 0 Å². The van der Waals surface area contributed by atoms with Gasteiger partial charge >= 0.3 is 5.97 Å². The SMILES string of the molecule is CCc1ccc(C(C(=O)O)N(C)Cc2ccccc2)cc1. The highest BCUT2D eigenvalue weighted by Crippen LogP contribution is 2.22. The smallest absolute Gasteiger partial charge is 0.325 e. The van der Waals surface area contributed by atoms with Gasteiger partial charge in [-0.1, -0.05) is 61.5 Å². The molecular weight excluding hydrogens is 262 g/mol. The molecule has 0 heterocycles. The molecule has 0 bridgehead atoms. The molecule has 3 heteroatoms. The Labute approximate surface area is 125 Å². The number of likely N-dealkylation sites (N-methyl/N-ethyl adjacent to an activating group) is 1. The molecule has 0 aliphatic heterocycles. The molecule has 0 aliphatic carbocycles. The van der Waals surface area contributed by atoms with Gasteiger partial charge in [0.05, 0.1) is 0 Å². The average Bonchev–Trinajstić information content (AvgIpc) is 2.49. The van der Waals surface area contributed by atoms with Crippen molar-refractivity contribution in [3.05, 3.63) is 71.3 Å². The van der Waals surface area contributed by atoms with Gasteiger partial charge in [0.15, 0.2) is 0 Å². The maximum atomic E-state index is 11.6. The van der Waals surface area contributed by atoms with Crippen LogP contribution < -0.4 is 0 Å². The van der Waals surface area contributed by atoms with Gasteiger partial charge in [-0.3, -0.25) is 9.69 Å². The summed E-state index contributed by atoms with van der Waals surface area (Å²) in [6.45, 7) is 2.69. The van der Waals surface area contributed by atoms with Crippen molar-refractivity contribution in [2.75, 3.05) is 7.05 Å². The highest BCUT2D eigenvalue weighted by Gasteiger charge is 2.24. The Morgan fingerprint density at radius 3 is 2.19 bits per heavy atom. The second-order valence-electron chi connectivity index (χ2n) is 5.24. The molecule has 0 saturated heterocycles. The van der Waals surface area contributed by atoms with E-state index in [1.165, 1.54) is 5.56 Å². The molecule has 0 radical (unpaired) electrons. The quantitative estimate of drug-likeness (QED) is 0.882. The normalized spacial score (nSPS) is 12.3. The van der Waals surface area contributed by atoms with E-state index in [4.69, 9.17) is 0 Å². The van der Waals surface area contributed by atoms with Crippen molar-refractivity contribution in [1.82, 2.24) is 4.90 Å². The zero-order chi connectivity index (χ0) is 15.2. The molecule has 0 aliphatic rings. The molecule has 0 saturated carbocycles. The first-order chi connectivity index (χ1) is 10.1. The van der Waals surface area contributed by atoms with E-state index < -0.39 is 12.0 Å². The van der Waals surface area contributed by atoms with E-state index in [-0.39, 0.29) is 0 Å². The Kier molecular flexibility index (Phi) is 5.12. The molecule has 0 spiro atoms. The lowest BCUT2D eigenvalue weighted by molar-refractivity contribution is -0.143. The lowest BCUT2D eigenvalue weighted by atomic mass is 10.0. The maximum Gasteiger partial charge on any atom is 0.325 e. The summed E-state index contributed by atoms with van der Waals surface area (Å²) in [5.41, 5.74) is 3.14. The van der Waals surface area contributed by atoms with Crippen LogP contribution in [-0.4, -0.2) is 23.0 Å². The van der Waals surface area contributed by atoms with E-state index in [2.05, 4.69) is 6.92 Å². The zero-order valence-corrected chi connectivity index (χ0v) is 12.5. The van der Waals surface area contributed by atoms with Crippen molar-refractivity contribution in [3.63, 3.8) is 0 Å².